The first-order valence-electron chi connectivity index (χ1n) is 4.36. The van der Waals surface area contributed by atoms with Gasteiger partial charge >= 0.3 is 5.97 Å². The number of aromatic carboxylic acids is 1. The van der Waals surface area contributed by atoms with Gasteiger partial charge in [-0.3, -0.25) is 0 Å². The van der Waals surface area contributed by atoms with E-state index in [9.17, 15) is 14.3 Å². The largest absolute Gasteiger partial charge is 0.504 e. The molecule has 0 bridgehead atoms. The average Bonchev–Trinajstić information content (AvgIpc) is 2.61. The van der Waals surface area contributed by atoms with Crippen molar-refractivity contribution in [3.05, 3.63) is 42.0 Å². The zero-order valence-corrected chi connectivity index (χ0v) is 7.96. The van der Waals surface area contributed by atoms with Crippen LogP contribution in [0.2, 0.25) is 0 Å². The van der Waals surface area contributed by atoms with Gasteiger partial charge in [0.1, 0.15) is 5.82 Å². The van der Waals surface area contributed by atoms with Crippen molar-refractivity contribution in [3.63, 3.8) is 0 Å². The molecular formula is C10H7FN2O3. The maximum Gasteiger partial charge on any atom is 0.360 e. The normalized spacial score (nSPS) is 10.3. The molecule has 2 N–H and O–H groups in total. The van der Waals surface area contributed by atoms with Gasteiger partial charge in [-0.2, -0.15) is 5.10 Å². The lowest BCUT2D eigenvalue weighted by Gasteiger charge is -1.99. The van der Waals surface area contributed by atoms with Crippen molar-refractivity contribution < 1.29 is 19.4 Å². The summed E-state index contributed by atoms with van der Waals surface area (Å²) in [6, 6.07) is 5.28. The molecule has 82 valence electrons. The molecule has 0 unspecified atom stereocenters. The summed E-state index contributed by atoms with van der Waals surface area (Å²) in [5.74, 6) is -2.16. The molecule has 0 saturated carbocycles. The highest BCUT2D eigenvalue weighted by Gasteiger charge is 2.15. The number of halogens is 1. The molecule has 0 spiro atoms. The third kappa shape index (κ3) is 1.72. The van der Waals surface area contributed by atoms with Crippen LogP contribution in [0.25, 0.3) is 5.69 Å². The molecule has 0 atom stereocenters. The van der Waals surface area contributed by atoms with Gasteiger partial charge in [0.15, 0.2) is 5.75 Å². The molecule has 2 rings (SSSR count). The lowest BCUT2D eigenvalue weighted by Crippen LogP contribution is -2.01. The van der Waals surface area contributed by atoms with Crippen molar-refractivity contribution in [2.75, 3.05) is 0 Å². The maximum absolute atomic E-state index is 12.6. The highest BCUT2D eigenvalue weighted by atomic mass is 19.1. The molecule has 0 amide bonds. The van der Waals surface area contributed by atoms with Crippen molar-refractivity contribution in [1.82, 2.24) is 9.78 Å². The monoisotopic (exact) mass is 222 g/mol. The second-order valence-electron chi connectivity index (χ2n) is 3.09. The van der Waals surface area contributed by atoms with Crippen molar-refractivity contribution in [1.29, 1.82) is 0 Å². The van der Waals surface area contributed by atoms with Crippen LogP contribution >= 0.6 is 0 Å². The summed E-state index contributed by atoms with van der Waals surface area (Å²) in [5, 5.41) is 21.6. The molecule has 0 aliphatic rings. The van der Waals surface area contributed by atoms with Gasteiger partial charge in [-0.05, 0) is 24.3 Å². The van der Waals surface area contributed by atoms with E-state index in [1.54, 1.807) is 0 Å². The molecule has 0 aliphatic heterocycles. The standard InChI is InChI=1S/C10H7FN2O3/c11-6-1-3-7(4-2-6)13-5-8(14)9(12-13)10(15)16/h1-5,14H,(H,15,16). The van der Waals surface area contributed by atoms with E-state index in [0.29, 0.717) is 5.69 Å². The van der Waals surface area contributed by atoms with Gasteiger partial charge in [0.25, 0.3) is 0 Å². The Hall–Kier alpha value is -2.37. The third-order valence-corrected chi connectivity index (χ3v) is 1.99. The van der Waals surface area contributed by atoms with Crippen molar-refractivity contribution in [2.24, 2.45) is 0 Å². The number of aromatic nitrogens is 2. The third-order valence-electron chi connectivity index (χ3n) is 1.99. The van der Waals surface area contributed by atoms with E-state index >= 15 is 0 Å². The number of carboxylic acids is 1. The number of rotatable bonds is 2. The fraction of sp³-hybridized carbons (Fsp3) is 0. The minimum absolute atomic E-state index is 0.404. The van der Waals surface area contributed by atoms with Crippen molar-refractivity contribution in [2.45, 2.75) is 0 Å². The molecule has 1 heterocycles. The summed E-state index contributed by atoms with van der Waals surface area (Å²) >= 11 is 0. The predicted molar refractivity (Wildman–Crippen MR) is 52.1 cm³/mol. The summed E-state index contributed by atoms with van der Waals surface area (Å²) in [7, 11) is 0. The van der Waals surface area contributed by atoms with Crippen LogP contribution in [0.3, 0.4) is 0 Å². The quantitative estimate of drug-likeness (QED) is 0.805. The molecule has 1 aromatic carbocycles. The minimum Gasteiger partial charge on any atom is -0.504 e. The van der Waals surface area contributed by atoms with Crippen LogP contribution in [0.5, 0.6) is 5.75 Å². The van der Waals surface area contributed by atoms with E-state index in [2.05, 4.69) is 5.10 Å². The molecule has 0 radical (unpaired) electrons. The average molecular weight is 222 g/mol. The molecule has 2 aromatic rings. The first-order chi connectivity index (χ1) is 7.58. The first-order valence-corrected chi connectivity index (χ1v) is 4.36. The zero-order chi connectivity index (χ0) is 11.7. The van der Waals surface area contributed by atoms with Gasteiger partial charge in [-0.15, -0.1) is 0 Å². The molecule has 16 heavy (non-hydrogen) atoms. The smallest absolute Gasteiger partial charge is 0.360 e. The minimum atomic E-state index is -1.32. The van der Waals surface area contributed by atoms with E-state index in [1.807, 2.05) is 0 Å². The molecular weight excluding hydrogens is 215 g/mol. The van der Waals surface area contributed by atoms with E-state index in [4.69, 9.17) is 5.11 Å². The number of carbonyl (C=O) groups is 1. The van der Waals surface area contributed by atoms with Gasteiger partial charge < -0.3 is 10.2 Å². The molecule has 0 aliphatic carbocycles. The highest BCUT2D eigenvalue weighted by molar-refractivity contribution is 5.88. The second kappa shape index (κ2) is 3.65. The van der Waals surface area contributed by atoms with Gasteiger partial charge in [0.2, 0.25) is 5.69 Å². The van der Waals surface area contributed by atoms with Gasteiger partial charge in [0.05, 0.1) is 11.9 Å². The Balaban J connectivity index is 2.45. The maximum atomic E-state index is 12.6. The molecule has 6 heteroatoms. The van der Waals surface area contributed by atoms with Gasteiger partial charge in [0, 0.05) is 0 Å². The Labute approximate surface area is 89.4 Å². The topological polar surface area (TPSA) is 75.3 Å². The lowest BCUT2D eigenvalue weighted by molar-refractivity contribution is 0.0687. The van der Waals surface area contributed by atoms with Crippen LogP contribution in [0.15, 0.2) is 30.5 Å². The zero-order valence-electron chi connectivity index (χ0n) is 7.96. The van der Waals surface area contributed by atoms with Gasteiger partial charge in [-0.25, -0.2) is 13.9 Å². The van der Waals surface area contributed by atoms with Crippen LogP contribution in [-0.4, -0.2) is 26.0 Å². The summed E-state index contributed by atoms with van der Waals surface area (Å²) in [5.41, 5.74) is 0.0218. The van der Waals surface area contributed by atoms with E-state index in [-0.39, 0.29) is 0 Å². The van der Waals surface area contributed by atoms with E-state index in [1.165, 1.54) is 24.3 Å². The summed E-state index contributed by atoms with van der Waals surface area (Å²) in [6.07, 6.45) is 1.15. The Morgan fingerprint density at radius 2 is 1.94 bits per heavy atom. The Bertz CT molecular complexity index is 533. The second-order valence-corrected chi connectivity index (χ2v) is 3.09. The highest BCUT2D eigenvalue weighted by Crippen LogP contribution is 2.18. The Morgan fingerprint density at radius 3 is 2.44 bits per heavy atom. The number of aromatic hydroxyl groups is 1. The van der Waals surface area contributed by atoms with Gasteiger partial charge in [-0.1, -0.05) is 0 Å². The van der Waals surface area contributed by atoms with Crippen LogP contribution in [0.1, 0.15) is 10.5 Å². The molecule has 5 nitrogen and oxygen atoms in total. The van der Waals surface area contributed by atoms with E-state index in [0.717, 1.165) is 10.9 Å². The lowest BCUT2D eigenvalue weighted by atomic mass is 10.3. The number of carboxylic acid groups (broad SMARTS) is 1. The molecule has 0 saturated heterocycles. The summed E-state index contributed by atoms with van der Waals surface area (Å²) in [6.45, 7) is 0. The van der Waals surface area contributed by atoms with E-state index < -0.39 is 23.2 Å². The number of nitrogens with zero attached hydrogens (tertiary/aromatic N) is 2. The fourth-order valence-electron chi connectivity index (χ4n) is 1.24. The van der Waals surface area contributed by atoms with Crippen LogP contribution in [0.4, 0.5) is 4.39 Å². The Kier molecular flexibility index (Phi) is 2.32. The Morgan fingerprint density at radius 1 is 1.31 bits per heavy atom. The number of hydrogen-bond acceptors (Lipinski definition) is 3. The summed E-state index contributed by atoms with van der Waals surface area (Å²) in [4.78, 5) is 10.6. The molecule has 1 aromatic heterocycles. The fourth-order valence-corrected chi connectivity index (χ4v) is 1.24. The van der Waals surface area contributed by atoms with Crippen LogP contribution in [0, 0.1) is 5.82 Å². The number of benzene rings is 1. The van der Waals surface area contributed by atoms with Crippen LogP contribution < -0.4 is 0 Å². The predicted octanol–water partition coefficient (Wildman–Crippen LogP) is 1.42. The number of hydrogen-bond donors (Lipinski definition) is 2. The van der Waals surface area contributed by atoms with Crippen LogP contribution in [-0.2, 0) is 0 Å². The first kappa shape index (κ1) is 10.2. The van der Waals surface area contributed by atoms with Crippen molar-refractivity contribution >= 4 is 5.97 Å². The van der Waals surface area contributed by atoms with Crippen molar-refractivity contribution in [3.8, 4) is 11.4 Å². The summed E-state index contributed by atoms with van der Waals surface area (Å²) < 4.78 is 13.8. The SMILES string of the molecule is O=C(O)c1nn(-c2ccc(F)cc2)cc1O. The molecule has 0 fully saturated rings.